The molecule has 2 rings (SSSR count). The van der Waals surface area contributed by atoms with Crippen molar-refractivity contribution in [2.45, 2.75) is 19.4 Å². The van der Waals surface area contributed by atoms with Gasteiger partial charge < -0.3 is 10.5 Å². The average Bonchev–Trinajstić information content (AvgIpc) is 3.09. The fourth-order valence-electron chi connectivity index (χ4n) is 1.47. The number of hydrogen-bond acceptors (Lipinski definition) is 4. The van der Waals surface area contributed by atoms with E-state index in [1.807, 2.05) is 0 Å². The van der Waals surface area contributed by atoms with Crippen LogP contribution in [0.1, 0.15) is 18.4 Å². The van der Waals surface area contributed by atoms with Crippen LogP contribution >= 0.6 is 12.4 Å². The van der Waals surface area contributed by atoms with Gasteiger partial charge in [0, 0.05) is 24.2 Å². The standard InChI is InChI=1S/C11H14N2O3.ClH/c12-6-9-5-10(13(14)15)3-4-11(9)16-7-8-1-2-8;/h3-5,8H,1-2,6-7,12H2;1H. The van der Waals surface area contributed by atoms with Gasteiger partial charge in [-0.15, -0.1) is 12.4 Å². The maximum absolute atomic E-state index is 10.6. The molecule has 1 aromatic rings. The first kappa shape index (κ1) is 13.7. The number of nitrogens with zero attached hydrogens (tertiary/aromatic N) is 1. The van der Waals surface area contributed by atoms with Crippen LogP contribution in [0.4, 0.5) is 5.69 Å². The van der Waals surface area contributed by atoms with Gasteiger partial charge in [0.05, 0.1) is 11.5 Å². The van der Waals surface area contributed by atoms with Crippen molar-refractivity contribution < 1.29 is 9.66 Å². The maximum Gasteiger partial charge on any atom is 0.270 e. The van der Waals surface area contributed by atoms with Crippen LogP contribution in [0.15, 0.2) is 18.2 Å². The van der Waals surface area contributed by atoms with Crippen LogP contribution in [0, 0.1) is 16.0 Å². The van der Waals surface area contributed by atoms with Crippen molar-refractivity contribution >= 4 is 18.1 Å². The Bertz CT molecular complexity index is 408. The normalized spacial score (nSPS) is 13.9. The zero-order chi connectivity index (χ0) is 11.5. The topological polar surface area (TPSA) is 78.4 Å². The van der Waals surface area contributed by atoms with Crippen molar-refractivity contribution in [1.29, 1.82) is 0 Å². The van der Waals surface area contributed by atoms with Gasteiger partial charge in [0.25, 0.3) is 5.69 Å². The second-order valence-corrected chi connectivity index (χ2v) is 4.01. The molecule has 0 radical (unpaired) electrons. The molecular formula is C11H15ClN2O3. The Morgan fingerprint density at radius 3 is 2.71 bits per heavy atom. The Labute approximate surface area is 106 Å². The van der Waals surface area contributed by atoms with Crippen molar-refractivity contribution in [1.82, 2.24) is 0 Å². The van der Waals surface area contributed by atoms with Gasteiger partial charge >= 0.3 is 0 Å². The van der Waals surface area contributed by atoms with Gasteiger partial charge in [-0.2, -0.15) is 0 Å². The quantitative estimate of drug-likeness (QED) is 0.649. The van der Waals surface area contributed by atoms with Crippen LogP contribution in [0.3, 0.4) is 0 Å². The summed E-state index contributed by atoms with van der Waals surface area (Å²) in [4.78, 5) is 10.2. The first-order valence-corrected chi connectivity index (χ1v) is 5.31. The SMILES string of the molecule is Cl.NCc1cc([N+](=O)[O-])ccc1OCC1CC1. The van der Waals surface area contributed by atoms with E-state index in [-0.39, 0.29) is 24.6 Å². The Hall–Kier alpha value is -1.33. The second kappa shape index (κ2) is 5.84. The van der Waals surface area contributed by atoms with E-state index >= 15 is 0 Å². The van der Waals surface area contributed by atoms with E-state index in [0.29, 0.717) is 23.8 Å². The Balaban J connectivity index is 0.00000144. The number of benzene rings is 1. The minimum atomic E-state index is -0.427. The highest BCUT2D eigenvalue weighted by Crippen LogP contribution is 2.31. The van der Waals surface area contributed by atoms with Gasteiger partial charge in [0.1, 0.15) is 5.75 Å². The van der Waals surface area contributed by atoms with Crippen LogP contribution < -0.4 is 10.5 Å². The summed E-state index contributed by atoms with van der Waals surface area (Å²) in [6.45, 7) is 0.937. The summed E-state index contributed by atoms with van der Waals surface area (Å²) in [5, 5.41) is 10.6. The fraction of sp³-hybridized carbons (Fsp3) is 0.455. The molecule has 0 spiro atoms. The number of rotatable bonds is 5. The first-order chi connectivity index (χ1) is 7.70. The molecule has 2 N–H and O–H groups in total. The molecule has 5 nitrogen and oxygen atoms in total. The van der Waals surface area contributed by atoms with Gasteiger partial charge in [-0.1, -0.05) is 0 Å². The largest absolute Gasteiger partial charge is 0.493 e. The number of nitro groups is 1. The molecule has 1 fully saturated rings. The van der Waals surface area contributed by atoms with Crippen LogP contribution in [-0.4, -0.2) is 11.5 Å². The number of nitro benzene ring substituents is 1. The predicted octanol–water partition coefficient (Wildman–Crippen LogP) is 2.26. The van der Waals surface area contributed by atoms with Crippen molar-refractivity contribution in [3.8, 4) is 5.75 Å². The predicted molar refractivity (Wildman–Crippen MR) is 66.5 cm³/mol. The number of halogens is 1. The summed E-state index contributed by atoms with van der Waals surface area (Å²) in [5.41, 5.74) is 6.28. The zero-order valence-electron chi connectivity index (χ0n) is 9.30. The highest BCUT2D eigenvalue weighted by Gasteiger charge is 2.22. The summed E-state index contributed by atoms with van der Waals surface area (Å²) < 4.78 is 5.58. The lowest BCUT2D eigenvalue weighted by atomic mass is 10.2. The van der Waals surface area contributed by atoms with Gasteiger partial charge in [0.15, 0.2) is 0 Å². The van der Waals surface area contributed by atoms with Crippen LogP contribution in [-0.2, 0) is 6.54 Å². The molecule has 0 heterocycles. The first-order valence-electron chi connectivity index (χ1n) is 5.31. The second-order valence-electron chi connectivity index (χ2n) is 4.01. The summed E-state index contributed by atoms with van der Waals surface area (Å²) >= 11 is 0. The van der Waals surface area contributed by atoms with E-state index in [2.05, 4.69) is 0 Å². The summed E-state index contributed by atoms with van der Waals surface area (Å²) in [7, 11) is 0. The number of non-ortho nitro benzene ring substituents is 1. The lowest BCUT2D eigenvalue weighted by Gasteiger charge is -2.09. The van der Waals surface area contributed by atoms with Gasteiger partial charge in [-0.3, -0.25) is 10.1 Å². The van der Waals surface area contributed by atoms with Crippen molar-refractivity contribution in [3.63, 3.8) is 0 Å². The molecular weight excluding hydrogens is 244 g/mol. The van der Waals surface area contributed by atoms with Crippen molar-refractivity contribution in [2.24, 2.45) is 11.7 Å². The smallest absolute Gasteiger partial charge is 0.270 e. The molecule has 0 unspecified atom stereocenters. The maximum atomic E-state index is 10.6. The lowest BCUT2D eigenvalue weighted by molar-refractivity contribution is -0.384. The number of nitrogens with two attached hydrogens (primary N) is 1. The minimum Gasteiger partial charge on any atom is -0.493 e. The zero-order valence-corrected chi connectivity index (χ0v) is 10.1. The van der Waals surface area contributed by atoms with Crippen molar-refractivity contribution in [2.75, 3.05) is 6.61 Å². The third kappa shape index (κ3) is 3.57. The van der Waals surface area contributed by atoms with Crippen LogP contribution in [0.5, 0.6) is 5.75 Å². The van der Waals surface area contributed by atoms with Crippen LogP contribution in [0.25, 0.3) is 0 Å². The van der Waals surface area contributed by atoms with E-state index in [0.717, 1.165) is 0 Å². The molecule has 1 aliphatic rings. The molecule has 1 aromatic carbocycles. The lowest BCUT2D eigenvalue weighted by Crippen LogP contribution is -2.05. The van der Waals surface area contributed by atoms with Crippen molar-refractivity contribution in [3.05, 3.63) is 33.9 Å². The van der Waals surface area contributed by atoms with E-state index < -0.39 is 4.92 Å². The molecule has 1 saturated carbocycles. The average molecular weight is 259 g/mol. The molecule has 0 amide bonds. The van der Waals surface area contributed by atoms with E-state index in [9.17, 15) is 10.1 Å². The van der Waals surface area contributed by atoms with Gasteiger partial charge in [0.2, 0.25) is 0 Å². The van der Waals surface area contributed by atoms with E-state index in [1.165, 1.54) is 25.0 Å². The molecule has 0 aromatic heterocycles. The fourth-order valence-corrected chi connectivity index (χ4v) is 1.47. The number of ether oxygens (including phenoxy) is 1. The van der Waals surface area contributed by atoms with E-state index in [1.54, 1.807) is 6.07 Å². The number of hydrogen-bond donors (Lipinski definition) is 1. The Morgan fingerprint density at radius 1 is 1.47 bits per heavy atom. The molecule has 94 valence electrons. The summed E-state index contributed by atoms with van der Waals surface area (Å²) in [5.74, 6) is 1.32. The van der Waals surface area contributed by atoms with Gasteiger partial charge in [-0.25, -0.2) is 0 Å². The third-order valence-corrected chi connectivity index (χ3v) is 2.65. The van der Waals surface area contributed by atoms with E-state index in [4.69, 9.17) is 10.5 Å². The monoisotopic (exact) mass is 258 g/mol. The van der Waals surface area contributed by atoms with Crippen LogP contribution in [0.2, 0.25) is 0 Å². The molecule has 0 atom stereocenters. The molecule has 1 aliphatic carbocycles. The van der Waals surface area contributed by atoms with Gasteiger partial charge in [-0.05, 0) is 24.8 Å². The minimum absolute atomic E-state index is 0. The summed E-state index contributed by atoms with van der Waals surface area (Å²) in [6.07, 6.45) is 2.43. The Kier molecular flexibility index (Phi) is 4.72. The summed E-state index contributed by atoms with van der Waals surface area (Å²) in [6, 6.07) is 4.55. The third-order valence-electron chi connectivity index (χ3n) is 2.65. The Morgan fingerprint density at radius 2 is 2.18 bits per heavy atom. The molecule has 17 heavy (non-hydrogen) atoms. The molecule has 0 saturated heterocycles. The molecule has 0 bridgehead atoms. The highest BCUT2D eigenvalue weighted by atomic mass is 35.5. The molecule has 6 heteroatoms. The molecule has 0 aliphatic heterocycles. The highest BCUT2D eigenvalue weighted by molar-refractivity contribution is 5.85.